The Balaban J connectivity index is 1.36. The first kappa shape index (κ1) is 22.1. The smallest absolute Gasteiger partial charge is 0.0462 e. The minimum Gasteiger partial charge on any atom is -0.311 e. The van der Waals surface area contributed by atoms with Crippen molar-refractivity contribution in [2.75, 3.05) is 4.90 Å². The van der Waals surface area contributed by atoms with Gasteiger partial charge in [0.05, 0.1) is 0 Å². The zero-order valence-electron chi connectivity index (χ0n) is 19.0. The van der Waals surface area contributed by atoms with Gasteiger partial charge in [0.25, 0.3) is 0 Å². The van der Waals surface area contributed by atoms with Crippen LogP contribution in [0.5, 0.6) is 0 Å². The molecule has 0 unspecified atom stereocenters. The van der Waals surface area contributed by atoms with Crippen LogP contribution in [0.2, 0.25) is 0 Å². The molecule has 0 radical (unpaired) electrons. The van der Waals surface area contributed by atoms with E-state index in [4.69, 9.17) is 0 Å². The lowest BCUT2D eigenvalue weighted by molar-refractivity contribution is 1.28. The summed E-state index contributed by atoms with van der Waals surface area (Å²) >= 11 is 3.52. The van der Waals surface area contributed by atoms with Crippen LogP contribution in [-0.4, -0.2) is 0 Å². The highest BCUT2D eigenvalue weighted by Crippen LogP contribution is 2.34. The largest absolute Gasteiger partial charge is 0.311 e. The van der Waals surface area contributed by atoms with Gasteiger partial charge in [-0.1, -0.05) is 66.8 Å². The number of thiophene rings is 2. The summed E-state index contributed by atoms with van der Waals surface area (Å²) in [6.07, 6.45) is 8.82. The van der Waals surface area contributed by atoms with Crippen molar-refractivity contribution < 1.29 is 0 Å². The number of rotatable bonds is 7. The lowest BCUT2D eigenvalue weighted by Crippen LogP contribution is -2.09. The molecule has 0 amide bonds. The predicted molar refractivity (Wildman–Crippen MR) is 152 cm³/mol. The molecule has 2 heterocycles. The van der Waals surface area contributed by atoms with Gasteiger partial charge in [-0.3, -0.25) is 0 Å². The van der Waals surface area contributed by atoms with Gasteiger partial charge in [-0.2, -0.15) is 11.3 Å². The van der Waals surface area contributed by atoms with E-state index in [1.54, 1.807) is 22.7 Å². The second-order valence-corrected chi connectivity index (χ2v) is 9.69. The summed E-state index contributed by atoms with van der Waals surface area (Å²) in [6, 6.07) is 31.9. The third-order valence-corrected chi connectivity index (χ3v) is 7.49. The Morgan fingerprint density at radius 3 is 1.82 bits per heavy atom. The molecule has 0 aliphatic rings. The molecule has 0 bridgehead atoms. The van der Waals surface area contributed by atoms with E-state index in [2.05, 4.69) is 143 Å². The van der Waals surface area contributed by atoms with Gasteiger partial charge in [0.2, 0.25) is 0 Å². The third kappa shape index (κ3) is 5.12. The molecule has 0 atom stereocenters. The van der Waals surface area contributed by atoms with Gasteiger partial charge < -0.3 is 4.90 Å². The zero-order valence-corrected chi connectivity index (χ0v) is 20.6. The fraction of sp³-hybridized carbons (Fsp3) is 0.0323. The van der Waals surface area contributed by atoms with E-state index in [0.29, 0.717) is 0 Å². The number of benzene rings is 3. The van der Waals surface area contributed by atoms with E-state index < -0.39 is 0 Å². The first-order valence-corrected chi connectivity index (χ1v) is 13.1. The average Bonchev–Trinajstić information content (AvgIpc) is 3.53. The summed E-state index contributed by atoms with van der Waals surface area (Å²) in [7, 11) is 0. The van der Waals surface area contributed by atoms with Crippen molar-refractivity contribution in [3.05, 3.63) is 134 Å². The highest BCUT2D eigenvalue weighted by atomic mass is 32.1. The average molecular weight is 476 g/mol. The molecule has 0 aliphatic carbocycles. The fourth-order valence-electron chi connectivity index (χ4n) is 3.84. The molecule has 34 heavy (non-hydrogen) atoms. The minimum atomic E-state index is 1.14. The Kier molecular flexibility index (Phi) is 6.85. The summed E-state index contributed by atoms with van der Waals surface area (Å²) in [4.78, 5) is 3.59. The number of nitrogens with zero attached hydrogens (tertiary/aromatic N) is 1. The monoisotopic (exact) mass is 475 g/mol. The van der Waals surface area contributed by atoms with Gasteiger partial charge >= 0.3 is 0 Å². The fourth-order valence-corrected chi connectivity index (χ4v) is 5.42. The maximum Gasteiger partial charge on any atom is 0.0462 e. The Morgan fingerprint density at radius 1 is 0.588 bits per heavy atom. The van der Waals surface area contributed by atoms with Crippen molar-refractivity contribution in [2.45, 2.75) is 6.92 Å². The van der Waals surface area contributed by atoms with Gasteiger partial charge in [0.15, 0.2) is 0 Å². The molecule has 3 aromatic carbocycles. The van der Waals surface area contributed by atoms with E-state index >= 15 is 0 Å². The van der Waals surface area contributed by atoms with Gasteiger partial charge in [-0.15, -0.1) is 11.3 Å². The molecule has 2 aromatic heterocycles. The van der Waals surface area contributed by atoms with Crippen molar-refractivity contribution in [3.63, 3.8) is 0 Å². The number of hydrogen-bond acceptors (Lipinski definition) is 3. The van der Waals surface area contributed by atoms with E-state index in [1.165, 1.54) is 27.1 Å². The normalized spacial score (nSPS) is 11.4. The summed E-state index contributed by atoms with van der Waals surface area (Å²) in [5.41, 5.74) is 8.48. The molecule has 1 nitrogen and oxygen atoms in total. The Morgan fingerprint density at radius 2 is 1.21 bits per heavy atom. The van der Waals surface area contributed by atoms with Gasteiger partial charge in [0.1, 0.15) is 0 Å². The maximum absolute atomic E-state index is 2.28. The first-order valence-electron chi connectivity index (χ1n) is 11.2. The molecule has 0 saturated heterocycles. The van der Waals surface area contributed by atoms with E-state index in [0.717, 1.165) is 17.1 Å². The SMILES string of the molecule is Cc1c(C=Cc2ccc(N(c3ccccc3)c3ccccc3)cc2)csc1C=Cc1ccsc1. The van der Waals surface area contributed by atoms with Crippen LogP contribution < -0.4 is 4.90 Å². The standard InChI is InChI=1S/C31H25NS2/c1-24-27(23-34-31(24)19-15-26-20-21-33-22-26)16-12-25-13-17-30(18-14-25)32(28-8-4-2-5-9-28)29-10-6-3-7-11-29/h2-23H,1H3. The van der Waals surface area contributed by atoms with Crippen LogP contribution >= 0.6 is 22.7 Å². The lowest BCUT2D eigenvalue weighted by Gasteiger charge is -2.25. The van der Waals surface area contributed by atoms with E-state index in [1.807, 2.05) is 0 Å². The van der Waals surface area contributed by atoms with Crippen LogP contribution in [0.1, 0.15) is 27.1 Å². The highest BCUT2D eigenvalue weighted by molar-refractivity contribution is 7.11. The lowest BCUT2D eigenvalue weighted by atomic mass is 10.1. The van der Waals surface area contributed by atoms with Crippen LogP contribution in [0, 0.1) is 6.92 Å². The second kappa shape index (κ2) is 10.5. The second-order valence-electron chi connectivity index (χ2n) is 8.00. The summed E-state index contributed by atoms with van der Waals surface area (Å²) in [6.45, 7) is 2.20. The molecular formula is C31H25NS2. The molecule has 5 rings (SSSR count). The molecule has 166 valence electrons. The van der Waals surface area contributed by atoms with Gasteiger partial charge in [-0.05, 0) is 93.9 Å². The van der Waals surface area contributed by atoms with Crippen LogP contribution in [0.3, 0.4) is 0 Å². The number of anilines is 3. The van der Waals surface area contributed by atoms with Crippen LogP contribution in [0.15, 0.2) is 107 Å². The predicted octanol–water partition coefficient (Wildman–Crippen LogP) is 9.93. The van der Waals surface area contributed by atoms with Gasteiger partial charge in [0, 0.05) is 21.9 Å². The number of para-hydroxylation sites is 2. The highest BCUT2D eigenvalue weighted by Gasteiger charge is 2.11. The van der Waals surface area contributed by atoms with Crippen molar-refractivity contribution >= 4 is 64.0 Å². The zero-order chi connectivity index (χ0) is 23.2. The van der Waals surface area contributed by atoms with Crippen molar-refractivity contribution in [2.24, 2.45) is 0 Å². The summed E-state index contributed by atoms with van der Waals surface area (Å²) in [5.74, 6) is 0. The number of hydrogen-bond donors (Lipinski definition) is 0. The van der Waals surface area contributed by atoms with Crippen molar-refractivity contribution in [3.8, 4) is 0 Å². The Bertz CT molecular complexity index is 1340. The first-order chi connectivity index (χ1) is 16.8. The van der Waals surface area contributed by atoms with Crippen LogP contribution in [-0.2, 0) is 0 Å². The molecule has 0 spiro atoms. The topological polar surface area (TPSA) is 3.24 Å². The van der Waals surface area contributed by atoms with Crippen LogP contribution in [0.4, 0.5) is 17.1 Å². The Labute approximate surface area is 209 Å². The molecule has 0 saturated carbocycles. The Hall–Kier alpha value is -3.66. The third-order valence-electron chi connectivity index (χ3n) is 5.72. The molecule has 0 N–H and O–H groups in total. The van der Waals surface area contributed by atoms with Crippen molar-refractivity contribution in [1.29, 1.82) is 0 Å². The molecular weight excluding hydrogens is 450 g/mol. The van der Waals surface area contributed by atoms with Crippen molar-refractivity contribution in [1.82, 2.24) is 0 Å². The molecule has 3 heteroatoms. The quantitative estimate of drug-likeness (QED) is 0.226. The van der Waals surface area contributed by atoms with E-state index in [-0.39, 0.29) is 0 Å². The van der Waals surface area contributed by atoms with Crippen LogP contribution in [0.25, 0.3) is 24.3 Å². The van der Waals surface area contributed by atoms with Gasteiger partial charge in [-0.25, -0.2) is 0 Å². The molecule has 0 aliphatic heterocycles. The molecule has 0 fully saturated rings. The summed E-state index contributed by atoms with van der Waals surface area (Å²) < 4.78 is 0. The molecule has 5 aromatic rings. The maximum atomic E-state index is 2.28. The van der Waals surface area contributed by atoms with E-state index in [9.17, 15) is 0 Å². The summed E-state index contributed by atoms with van der Waals surface area (Å²) in [5, 5.41) is 6.51. The minimum absolute atomic E-state index is 1.14.